The number of hydroxylamine groups is 2. The van der Waals surface area contributed by atoms with Crippen molar-refractivity contribution in [3.63, 3.8) is 0 Å². The van der Waals surface area contributed by atoms with Gasteiger partial charge in [-0.3, -0.25) is 10.4 Å². The van der Waals surface area contributed by atoms with E-state index in [1.165, 1.54) is 0 Å². The fourth-order valence-electron chi connectivity index (χ4n) is 1.49. The molecule has 88 valence electrons. The Morgan fingerprint density at radius 1 is 0.647 bits per heavy atom. The molecule has 2 aromatic rings. The topological polar surface area (TPSA) is 46.9 Å². The Kier molecular flexibility index (Phi) is 3.59. The second-order valence-electron chi connectivity index (χ2n) is 3.61. The van der Waals surface area contributed by atoms with Gasteiger partial charge in [0.15, 0.2) is 0 Å². The lowest BCUT2D eigenvalue weighted by atomic mass is 10.3. The van der Waals surface area contributed by atoms with E-state index in [1.54, 1.807) is 24.3 Å². The summed E-state index contributed by atoms with van der Waals surface area (Å²) in [6, 6.07) is 18.1. The van der Waals surface area contributed by atoms with Gasteiger partial charge >= 0.3 is 0 Å². The molecule has 17 heavy (non-hydrogen) atoms. The van der Waals surface area contributed by atoms with Crippen molar-refractivity contribution < 1.29 is 10.4 Å². The van der Waals surface area contributed by atoms with E-state index in [9.17, 15) is 10.4 Å². The van der Waals surface area contributed by atoms with Crippen LogP contribution in [0.25, 0.3) is 0 Å². The zero-order chi connectivity index (χ0) is 12.1. The number of nitrogens with zero attached hydrogens (tertiary/aromatic N) is 2. The fourth-order valence-corrected chi connectivity index (χ4v) is 1.49. The SMILES string of the molecule is ON(CN(O)c1ccccc1)c1ccccc1. The van der Waals surface area contributed by atoms with Gasteiger partial charge in [0, 0.05) is 0 Å². The van der Waals surface area contributed by atoms with Crippen molar-refractivity contribution in [2.45, 2.75) is 0 Å². The molecular formula is C13H14N2O2. The van der Waals surface area contributed by atoms with Crippen molar-refractivity contribution in [3.05, 3.63) is 60.7 Å². The predicted octanol–water partition coefficient (Wildman–Crippen LogP) is 2.74. The lowest BCUT2D eigenvalue weighted by molar-refractivity contribution is 0.185. The van der Waals surface area contributed by atoms with Gasteiger partial charge in [0.1, 0.15) is 6.67 Å². The first-order valence-electron chi connectivity index (χ1n) is 5.30. The minimum Gasteiger partial charge on any atom is -0.287 e. The maximum atomic E-state index is 9.78. The van der Waals surface area contributed by atoms with E-state index < -0.39 is 0 Å². The Morgan fingerprint density at radius 2 is 1.00 bits per heavy atom. The highest BCUT2D eigenvalue weighted by Gasteiger charge is 2.07. The summed E-state index contributed by atoms with van der Waals surface area (Å²) in [5, 5.41) is 21.5. The van der Waals surface area contributed by atoms with E-state index >= 15 is 0 Å². The molecule has 0 fully saturated rings. The molecular weight excluding hydrogens is 216 g/mol. The highest BCUT2D eigenvalue weighted by molar-refractivity contribution is 5.47. The zero-order valence-electron chi connectivity index (χ0n) is 9.27. The molecule has 4 nitrogen and oxygen atoms in total. The third-order valence-corrected chi connectivity index (χ3v) is 2.38. The van der Waals surface area contributed by atoms with Gasteiger partial charge in [-0.25, -0.2) is 10.1 Å². The molecule has 0 aliphatic rings. The lowest BCUT2D eigenvalue weighted by Crippen LogP contribution is -2.33. The maximum absolute atomic E-state index is 9.78. The van der Waals surface area contributed by atoms with E-state index in [0.717, 1.165) is 10.1 Å². The summed E-state index contributed by atoms with van der Waals surface area (Å²) >= 11 is 0. The van der Waals surface area contributed by atoms with Crippen molar-refractivity contribution in [2.75, 3.05) is 16.8 Å². The highest BCUT2D eigenvalue weighted by Crippen LogP contribution is 2.15. The summed E-state index contributed by atoms with van der Waals surface area (Å²) in [5.74, 6) is 0. The molecule has 4 heteroatoms. The zero-order valence-corrected chi connectivity index (χ0v) is 9.27. The van der Waals surface area contributed by atoms with Gasteiger partial charge < -0.3 is 0 Å². The van der Waals surface area contributed by atoms with Crippen molar-refractivity contribution in [1.29, 1.82) is 0 Å². The third-order valence-electron chi connectivity index (χ3n) is 2.38. The molecule has 0 radical (unpaired) electrons. The first-order chi connectivity index (χ1) is 8.27. The summed E-state index contributed by atoms with van der Waals surface area (Å²) in [5.41, 5.74) is 1.25. The first-order valence-corrected chi connectivity index (χ1v) is 5.30. The summed E-state index contributed by atoms with van der Waals surface area (Å²) < 4.78 is 0. The third kappa shape index (κ3) is 2.96. The molecule has 2 rings (SSSR count). The Labute approximate surface area is 99.9 Å². The van der Waals surface area contributed by atoms with Gasteiger partial charge in [-0.15, -0.1) is 0 Å². The van der Waals surface area contributed by atoms with Gasteiger partial charge in [-0.05, 0) is 24.3 Å². The number of hydrogen-bond acceptors (Lipinski definition) is 4. The smallest absolute Gasteiger partial charge is 0.141 e. The number of rotatable bonds is 4. The van der Waals surface area contributed by atoms with E-state index in [2.05, 4.69) is 0 Å². The van der Waals surface area contributed by atoms with Crippen LogP contribution in [0.2, 0.25) is 0 Å². The van der Waals surface area contributed by atoms with Crippen LogP contribution in [-0.4, -0.2) is 17.1 Å². The van der Waals surface area contributed by atoms with Crippen molar-refractivity contribution in [1.82, 2.24) is 0 Å². The fraction of sp³-hybridized carbons (Fsp3) is 0.0769. The van der Waals surface area contributed by atoms with Crippen LogP contribution in [0.1, 0.15) is 0 Å². The van der Waals surface area contributed by atoms with Crippen LogP contribution >= 0.6 is 0 Å². The molecule has 0 bridgehead atoms. The van der Waals surface area contributed by atoms with Gasteiger partial charge in [0.2, 0.25) is 0 Å². The molecule has 0 atom stereocenters. The molecule has 0 saturated carbocycles. The molecule has 2 N–H and O–H groups in total. The largest absolute Gasteiger partial charge is 0.287 e. The van der Waals surface area contributed by atoms with E-state index in [1.807, 2.05) is 36.4 Å². The minimum absolute atomic E-state index is 0.0198. The van der Waals surface area contributed by atoms with Crippen molar-refractivity contribution in [2.24, 2.45) is 0 Å². The van der Waals surface area contributed by atoms with Crippen molar-refractivity contribution >= 4 is 11.4 Å². The molecule has 0 heterocycles. The average Bonchev–Trinajstić information content (AvgIpc) is 2.40. The second kappa shape index (κ2) is 5.34. The molecule has 0 aromatic heterocycles. The molecule has 0 spiro atoms. The van der Waals surface area contributed by atoms with Crippen LogP contribution in [0.3, 0.4) is 0 Å². The monoisotopic (exact) mass is 230 g/mol. The molecule has 0 aliphatic heterocycles. The molecule has 0 unspecified atom stereocenters. The Bertz CT molecular complexity index is 404. The molecule has 0 amide bonds. The van der Waals surface area contributed by atoms with Crippen LogP contribution in [-0.2, 0) is 0 Å². The quantitative estimate of drug-likeness (QED) is 0.626. The van der Waals surface area contributed by atoms with Gasteiger partial charge in [-0.2, -0.15) is 0 Å². The molecule has 0 saturated heterocycles. The van der Waals surface area contributed by atoms with Crippen LogP contribution in [0.5, 0.6) is 0 Å². The molecule has 0 aliphatic carbocycles. The average molecular weight is 230 g/mol. The number of benzene rings is 2. The van der Waals surface area contributed by atoms with Crippen LogP contribution < -0.4 is 10.1 Å². The van der Waals surface area contributed by atoms with Gasteiger partial charge in [-0.1, -0.05) is 36.4 Å². The molecule has 2 aromatic carbocycles. The highest BCUT2D eigenvalue weighted by atomic mass is 16.5. The van der Waals surface area contributed by atoms with Crippen LogP contribution in [0.15, 0.2) is 60.7 Å². The Balaban J connectivity index is 2.02. The maximum Gasteiger partial charge on any atom is 0.141 e. The number of hydrogen-bond donors (Lipinski definition) is 2. The standard InChI is InChI=1S/C13H14N2O2/c16-14(12-7-3-1-4-8-12)11-15(17)13-9-5-2-6-10-13/h1-10,16-17H,11H2. The predicted molar refractivity (Wildman–Crippen MR) is 66.3 cm³/mol. The van der Waals surface area contributed by atoms with E-state index in [4.69, 9.17) is 0 Å². The Morgan fingerprint density at radius 3 is 1.35 bits per heavy atom. The summed E-state index contributed by atoms with van der Waals surface area (Å²) in [6.07, 6.45) is 0. The van der Waals surface area contributed by atoms with E-state index in [0.29, 0.717) is 11.4 Å². The summed E-state index contributed by atoms with van der Waals surface area (Å²) in [6.45, 7) is -0.0198. The second-order valence-corrected chi connectivity index (χ2v) is 3.61. The van der Waals surface area contributed by atoms with Gasteiger partial charge in [0.25, 0.3) is 0 Å². The van der Waals surface area contributed by atoms with Crippen molar-refractivity contribution in [3.8, 4) is 0 Å². The normalized spacial score (nSPS) is 10.0. The summed E-state index contributed by atoms with van der Waals surface area (Å²) in [7, 11) is 0. The minimum atomic E-state index is -0.0198. The van der Waals surface area contributed by atoms with Crippen LogP contribution in [0, 0.1) is 0 Å². The Hall–Kier alpha value is -2.04. The number of para-hydroxylation sites is 2. The first kappa shape index (κ1) is 11.4. The lowest BCUT2D eigenvalue weighted by Gasteiger charge is -2.23. The van der Waals surface area contributed by atoms with E-state index in [-0.39, 0.29) is 6.67 Å². The number of anilines is 2. The van der Waals surface area contributed by atoms with Gasteiger partial charge in [0.05, 0.1) is 11.4 Å². The van der Waals surface area contributed by atoms with Crippen LogP contribution in [0.4, 0.5) is 11.4 Å². The summed E-state index contributed by atoms with van der Waals surface area (Å²) in [4.78, 5) is 0.